The zero-order valence-electron chi connectivity index (χ0n) is 11.1. The minimum atomic E-state index is -4.62. The van der Waals surface area contributed by atoms with Gasteiger partial charge >= 0.3 is 6.18 Å². The molecule has 0 aliphatic heterocycles. The summed E-state index contributed by atoms with van der Waals surface area (Å²) in [5.41, 5.74) is -1.06. The molecule has 1 heterocycles. The number of ether oxygens (including phenoxy) is 1. The second kappa shape index (κ2) is 4.73. The van der Waals surface area contributed by atoms with E-state index in [0.717, 1.165) is 4.57 Å². The van der Waals surface area contributed by atoms with Crippen LogP contribution < -0.4 is 10.1 Å². The molecule has 0 aliphatic rings. The van der Waals surface area contributed by atoms with Gasteiger partial charge in [0, 0.05) is 25.5 Å². The molecule has 0 fully saturated rings. The number of hydrogen-bond donors (Lipinski definition) is 1. The number of rotatable bonds is 2. The van der Waals surface area contributed by atoms with Crippen molar-refractivity contribution >= 4 is 16.8 Å². The van der Waals surface area contributed by atoms with Crippen molar-refractivity contribution in [2.75, 3.05) is 14.2 Å². The lowest BCUT2D eigenvalue weighted by Crippen LogP contribution is -2.23. The molecule has 1 aromatic heterocycles. The zero-order valence-corrected chi connectivity index (χ0v) is 11.1. The van der Waals surface area contributed by atoms with Crippen LogP contribution in [0, 0.1) is 0 Å². The van der Waals surface area contributed by atoms with Crippen molar-refractivity contribution in [2.24, 2.45) is 7.05 Å². The largest absolute Gasteiger partial charge is 0.497 e. The molecule has 0 bridgehead atoms. The Morgan fingerprint density at radius 1 is 1.35 bits per heavy atom. The summed E-state index contributed by atoms with van der Waals surface area (Å²) < 4.78 is 45.5. The molecule has 0 saturated carbocycles. The number of alkyl halides is 3. The van der Waals surface area contributed by atoms with Crippen LogP contribution in [0.4, 0.5) is 13.2 Å². The summed E-state index contributed by atoms with van der Waals surface area (Å²) in [6.45, 7) is 0. The van der Waals surface area contributed by atoms with Crippen LogP contribution in [0.25, 0.3) is 10.9 Å². The molecule has 1 amide bonds. The molecule has 2 aromatic rings. The number of hydrogen-bond acceptors (Lipinski definition) is 2. The van der Waals surface area contributed by atoms with Crippen molar-refractivity contribution in [2.45, 2.75) is 6.18 Å². The van der Waals surface area contributed by atoms with Gasteiger partial charge in [-0.15, -0.1) is 0 Å². The highest BCUT2D eigenvalue weighted by Gasteiger charge is 2.40. The molecule has 0 atom stereocenters. The molecule has 4 nitrogen and oxygen atoms in total. The highest BCUT2D eigenvalue weighted by Crippen LogP contribution is 2.38. The van der Waals surface area contributed by atoms with Gasteiger partial charge in [-0.25, -0.2) is 0 Å². The fourth-order valence-electron chi connectivity index (χ4n) is 2.23. The summed E-state index contributed by atoms with van der Waals surface area (Å²) in [7, 11) is 4.00. The molecule has 7 heteroatoms. The molecular weight excluding hydrogens is 273 g/mol. The second-order valence-corrected chi connectivity index (χ2v) is 4.24. The quantitative estimate of drug-likeness (QED) is 0.922. The first-order chi connectivity index (χ1) is 9.31. The Balaban J connectivity index is 2.89. The van der Waals surface area contributed by atoms with Crippen molar-refractivity contribution in [3.63, 3.8) is 0 Å². The number of carbonyl (C=O) groups excluding carboxylic acids is 1. The maximum Gasteiger partial charge on any atom is 0.432 e. The van der Waals surface area contributed by atoms with Crippen LogP contribution in [-0.4, -0.2) is 24.6 Å². The van der Waals surface area contributed by atoms with E-state index in [4.69, 9.17) is 4.74 Å². The SMILES string of the molecule is CNC(=O)c1c(C(F)(F)F)n(C)c2cc(OC)ccc12. The summed E-state index contributed by atoms with van der Waals surface area (Å²) in [4.78, 5) is 11.8. The normalized spacial score (nSPS) is 11.7. The van der Waals surface area contributed by atoms with Crippen molar-refractivity contribution in [3.05, 3.63) is 29.5 Å². The fraction of sp³-hybridized carbons (Fsp3) is 0.308. The molecule has 0 spiro atoms. The summed E-state index contributed by atoms with van der Waals surface area (Å²) >= 11 is 0. The number of methoxy groups -OCH3 is 1. The average Bonchev–Trinajstić information content (AvgIpc) is 2.70. The third kappa shape index (κ3) is 2.09. The standard InChI is InChI=1S/C13H13F3N2O2/c1-17-12(19)10-8-5-4-7(20-3)6-9(8)18(2)11(10)13(14,15)16/h4-6H,1-3H3,(H,17,19). The lowest BCUT2D eigenvalue weighted by molar-refractivity contribution is -0.143. The van der Waals surface area contributed by atoms with E-state index in [2.05, 4.69) is 5.32 Å². The summed E-state index contributed by atoms with van der Waals surface area (Å²) in [6, 6.07) is 4.44. The highest BCUT2D eigenvalue weighted by molar-refractivity contribution is 6.08. The molecular formula is C13H13F3N2O2. The maximum atomic E-state index is 13.2. The van der Waals surface area contributed by atoms with Crippen molar-refractivity contribution in [1.82, 2.24) is 9.88 Å². The molecule has 20 heavy (non-hydrogen) atoms. The van der Waals surface area contributed by atoms with Crippen molar-refractivity contribution in [1.29, 1.82) is 0 Å². The van der Waals surface area contributed by atoms with Gasteiger partial charge in [0.1, 0.15) is 11.4 Å². The Morgan fingerprint density at radius 3 is 2.50 bits per heavy atom. The van der Waals surface area contributed by atoms with Crippen LogP contribution in [0.1, 0.15) is 16.1 Å². The van der Waals surface area contributed by atoms with Crippen molar-refractivity contribution < 1.29 is 22.7 Å². The van der Waals surface area contributed by atoms with Crippen molar-refractivity contribution in [3.8, 4) is 5.75 Å². The number of carbonyl (C=O) groups is 1. The lowest BCUT2D eigenvalue weighted by Gasteiger charge is -2.10. The first kappa shape index (κ1) is 14.2. The van der Waals surface area contributed by atoms with Gasteiger partial charge in [0.15, 0.2) is 0 Å². The van der Waals surface area contributed by atoms with Gasteiger partial charge < -0.3 is 14.6 Å². The molecule has 1 N–H and O–H groups in total. The number of nitrogens with one attached hydrogen (secondary N) is 1. The Kier molecular flexibility index (Phi) is 3.37. The minimum absolute atomic E-state index is 0.236. The molecule has 0 aliphatic carbocycles. The third-order valence-electron chi connectivity index (χ3n) is 3.13. The van der Waals surface area contributed by atoms with Crippen LogP contribution in [0.2, 0.25) is 0 Å². The number of aryl methyl sites for hydroxylation is 1. The van der Waals surface area contributed by atoms with E-state index in [9.17, 15) is 18.0 Å². The van der Waals surface area contributed by atoms with Crippen LogP contribution in [0.3, 0.4) is 0 Å². The Bertz CT molecular complexity index is 674. The van der Waals surface area contributed by atoms with E-state index < -0.39 is 17.8 Å². The van der Waals surface area contributed by atoms with Crippen LogP contribution in [0.15, 0.2) is 18.2 Å². The van der Waals surface area contributed by atoms with E-state index in [-0.39, 0.29) is 16.5 Å². The monoisotopic (exact) mass is 286 g/mol. The molecule has 0 radical (unpaired) electrons. The summed E-state index contributed by atoms with van der Waals surface area (Å²) in [5, 5.41) is 2.48. The fourth-order valence-corrected chi connectivity index (χ4v) is 2.23. The number of halogens is 3. The first-order valence-corrected chi connectivity index (χ1v) is 5.77. The van der Waals surface area contributed by atoms with Gasteiger partial charge in [-0.05, 0) is 12.1 Å². The lowest BCUT2D eigenvalue weighted by atomic mass is 10.1. The molecule has 2 rings (SSSR count). The zero-order chi connectivity index (χ0) is 15.1. The van der Waals surface area contributed by atoms with Gasteiger partial charge in [0.2, 0.25) is 0 Å². The molecule has 0 unspecified atom stereocenters. The van der Waals surface area contributed by atoms with E-state index in [1.54, 1.807) is 0 Å². The Hall–Kier alpha value is -2.18. The number of benzene rings is 1. The second-order valence-electron chi connectivity index (χ2n) is 4.24. The predicted octanol–water partition coefficient (Wildman–Crippen LogP) is 2.57. The minimum Gasteiger partial charge on any atom is -0.497 e. The molecule has 1 aromatic carbocycles. The van der Waals surface area contributed by atoms with E-state index >= 15 is 0 Å². The summed E-state index contributed by atoms with van der Waals surface area (Å²) in [5.74, 6) is -0.344. The molecule has 0 saturated heterocycles. The Morgan fingerprint density at radius 2 is 2.00 bits per heavy atom. The summed E-state index contributed by atoms with van der Waals surface area (Å²) in [6.07, 6.45) is -4.62. The van der Waals surface area contributed by atoms with Gasteiger partial charge in [-0.1, -0.05) is 0 Å². The number of aromatic nitrogens is 1. The van der Waals surface area contributed by atoms with Crippen LogP contribution in [-0.2, 0) is 13.2 Å². The number of amides is 1. The van der Waals surface area contributed by atoms with Crippen LogP contribution >= 0.6 is 0 Å². The van der Waals surface area contributed by atoms with Gasteiger partial charge in [-0.3, -0.25) is 4.79 Å². The molecule has 108 valence electrons. The smallest absolute Gasteiger partial charge is 0.432 e. The number of nitrogens with zero attached hydrogens (tertiary/aromatic N) is 1. The first-order valence-electron chi connectivity index (χ1n) is 5.77. The van der Waals surface area contributed by atoms with Gasteiger partial charge in [-0.2, -0.15) is 13.2 Å². The third-order valence-corrected chi connectivity index (χ3v) is 3.13. The highest BCUT2D eigenvalue weighted by atomic mass is 19.4. The maximum absolute atomic E-state index is 13.2. The van der Waals surface area contributed by atoms with E-state index in [1.807, 2.05) is 0 Å². The topological polar surface area (TPSA) is 43.3 Å². The van der Waals surface area contributed by atoms with E-state index in [1.165, 1.54) is 39.4 Å². The van der Waals surface area contributed by atoms with E-state index in [0.29, 0.717) is 5.75 Å². The number of fused-ring (bicyclic) bond motifs is 1. The Labute approximate surface area is 113 Å². The van der Waals surface area contributed by atoms with Gasteiger partial charge in [0.25, 0.3) is 5.91 Å². The predicted molar refractivity (Wildman–Crippen MR) is 67.9 cm³/mol. The van der Waals surface area contributed by atoms with Gasteiger partial charge in [0.05, 0.1) is 18.2 Å². The van der Waals surface area contributed by atoms with Crippen LogP contribution in [0.5, 0.6) is 5.75 Å². The average molecular weight is 286 g/mol.